The predicted octanol–water partition coefficient (Wildman–Crippen LogP) is 5.09. The number of aromatic amines is 1. The Morgan fingerprint density at radius 2 is 1.93 bits per heavy atom. The van der Waals surface area contributed by atoms with Gasteiger partial charge in [0.15, 0.2) is 0 Å². The van der Waals surface area contributed by atoms with Gasteiger partial charge in [0.2, 0.25) is 5.78 Å². The molecule has 1 aromatic carbocycles. The third-order valence-electron chi connectivity index (χ3n) is 6.19. The first-order valence-electron chi connectivity index (χ1n) is 10.3. The summed E-state index contributed by atoms with van der Waals surface area (Å²) in [4.78, 5) is 17.7. The minimum absolute atomic E-state index is 0.000305. The zero-order chi connectivity index (χ0) is 20.5. The van der Waals surface area contributed by atoms with Crippen molar-refractivity contribution in [3.63, 3.8) is 0 Å². The maximum Gasteiger partial charge on any atom is 0.209 e. The van der Waals surface area contributed by atoms with Crippen LogP contribution >= 0.6 is 0 Å². The number of hydrogen-bond acceptors (Lipinski definition) is 3. The monoisotopic (exact) mass is 394 g/mol. The maximum atomic E-state index is 13.3. The van der Waals surface area contributed by atoms with E-state index in [4.69, 9.17) is 0 Å². The number of H-pyrrole nitrogens is 1. The molecule has 5 heteroatoms. The van der Waals surface area contributed by atoms with Crippen molar-refractivity contribution in [2.45, 2.75) is 44.4 Å². The van der Waals surface area contributed by atoms with Crippen LogP contribution in [0.25, 0.3) is 5.76 Å². The molecule has 1 aliphatic heterocycles. The van der Waals surface area contributed by atoms with E-state index in [2.05, 4.69) is 17.6 Å². The number of halogens is 1. The Kier molecular flexibility index (Phi) is 5.31. The van der Waals surface area contributed by atoms with Crippen molar-refractivity contribution in [2.75, 3.05) is 13.6 Å². The fourth-order valence-corrected chi connectivity index (χ4v) is 4.41. The number of likely N-dealkylation sites (N-methyl/N-ethyl adjacent to an activating group) is 1. The molecule has 2 aromatic rings. The van der Waals surface area contributed by atoms with Gasteiger partial charge < -0.3 is 15.0 Å². The summed E-state index contributed by atoms with van der Waals surface area (Å²) in [5.41, 5.74) is 4.36. The highest BCUT2D eigenvalue weighted by Crippen LogP contribution is 2.36. The largest absolute Gasteiger partial charge is 0.505 e. The summed E-state index contributed by atoms with van der Waals surface area (Å²) < 4.78 is 13.3. The summed E-state index contributed by atoms with van der Waals surface area (Å²) in [5, 5.41) is 11.0. The third-order valence-corrected chi connectivity index (χ3v) is 6.19. The van der Waals surface area contributed by atoms with Crippen LogP contribution in [0.4, 0.5) is 4.39 Å². The number of aliphatic hydroxyl groups is 1. The Labute approximate surface area is 170 Å². The number of aliphatic hydroxyl groups excluding tert-OH is 1. The zero-order valence-corrected chi connectivity index (χ0v) is 16.8. The van der Waals surface area contributed by atoms with Crippen molar-refractivity contribution in [1.82, 2.24) is 9.88 Å². The lowest BCUT2D eigenvalue weighted by atomic mass is 9.87. The van der Waals surface area contributed by atoms with Crippen LogP contribution in [-0.4, -0.2) is 34.4 Å². The minimum Gasteiger partial charge on any atom is -0.505 e. The average Bonchev–Trinajstić information content (AvgIpc) is 3.26. The zero-order valence-electron chi connectivity index (χ0n) is 16.8. The lowest BCUT2D eigenvalue weighted by Crippen LogP contribution is -2.10. The standard InChI is InChI=1S/C24H27FN2O2/c1-15-23(28)20(14-27(15)2)24(29)22-18(12-16-8-10-19(25)11-9-16)13-21(26-22)17-6-4-3-5-7-17/h8-11,13,17,26,29H,1,3-7,12,14H2,2H3. The average molecular weight is 394 g/mol. The van der Waals surface area contributed by atoms with Gasteiger partial charge in [-0.3, -0.25) is 4.79 Å². The lowest BCUT2D eigenvalue weighted by Gasteiger charge is -2.20. The van der Waals surface area contributed by atoms with Crippen molar-refractivity contribution < 1.29 is 14.3 Å². The number of carbonyl (C=O) groups is 1. The number of carbonyl (C=O) groups excluding carboxylic acids is 1. The highest BCUT2D eigenvalue weighted by atomic mass is 19.1. The highest BCUT2D eigenvalue weighted by molar-refractivity contribution is 6.13. The molecule has 2 aliphatic rings. The van der Waals surface area contributed by atoms with Crippen LogP contribution in [0.2, 0.25) is 0 Å². The van der Waals surface area contributed by atoms with Gasteiger partial charge in [-0.25, -0.2) is 4.39 Å². The van der Waals surface area contributed by atoms with Crippen LogP contribution in [-0.2, 0) is 11.2 Å². The van der Waals surface area contributed by atoms with Gasteiger partial charge >= 0.3 is 0 Å². The summed E-state index contributed by atoms with van der Waals surface area (Å²) in [5.74, 6) is -0.0422. The van der Waals surface area contributed by atoms with Crippen LogP contribution in [0.5, 0.6) is 0 Å². The predicted molar refractivity (Wildman–Crippen MR) is 112 cm³/mol. The number of nitrogens with zero attached hydrogens (tertiary/aromatic N) is 1. The SMILES string of the molecule is C=C1C(=O)C(=C(O)c2[nH]c(C3CCCCC3)cc2Cc2ccc(F)cc2)CN1C. The van der Waals surface area contributed by atoms with Crippen molar-refractivity contribution in [3.8, 4) is 0 Å². The Morgan fingerprint density at radius 1 is 1.24 bits per heavy atom. The number of hydrogen-bond donors (Lipinski definition) is 2. The molecule has 2 N–H and O–H groups in total. The second-order valence-corrected chi connectivity index (χ2v) is 8.22. The summed E-state index contributed by atoms with van der Waals surface area (Å²) in [7, 11) is 1.79. The van der Waals surface area contributed by atoms with Crippen LogP contribution in [0.15, 0.2) is 48.2 Å². The maximum absolute atomic E-state index is 13.3. The smallest absolute Gasteiger partial charge is 0.209 e. The minimum atomic E-state index is -0.269. The highest BCUT2D eigenvalue weighted by Gasteiger charge is 2.31. The Morgan fingerprint density at radius 3 is 2.55 bits per heavy atom. The molecule has 1 saturated heterocycles. The molecule has 152 valence electrons. The van der Waals surface area contributed by atoms with Crippen molar-refractivity contribution in [2.24, 2.45) is 0 Å². The van der Waals surface area contributed by atoms with Gasteiger partial charge in [-0.15, -0.1) is 0 Å². The van der Waals surface area contributed by atoms with Gasteiger partial charge in [0, 0.05) is 12.7 Å². The Hall–Kier alpha value is -2.82. The fraction of sp³-hybridized carbons (Fsp3) is 0.375. The number of benzene rings is 1. The number of rotatable bonds is 4. The molecule has 2 fully saturated rings. The van der Waals surface area contributed by atoms with E-state index in [1.807, 2.05) is 0 Å². The summed E-state index contributed by atoms with van der Waals surface area (Å²) in [6, 6.07) is 8.52. The first kappa shape index (κ1) is 19.5. The summed E-state index contributed by atoms with van der Waals surface area (Å²) >= 11 is 0. The number of ketones is 1. The number of Topliss-reactive ketones (excluding diaryl/α,β-unsaturated/α-hetero) is 1. The van der Waals surface area contributed by atoms with Gasteiger partial charge in [0.05, 0.1) is 23.5 Å². The van der Waals surface area contributed by atoms with E-state index in [1.165, 1.54) is 31.4 Å². The van der Waals surface area contributed by atoms with Crippen molar-refractivity contribution in [1.29, 1.82) is 0 Å². The van der Waals surface area contributed by atoms with Gasteiger partial charge in [0.25, 0.3) is 0 Å². The van der Waals surface area contributed by atoms with E-state index in [1.54, 1.807) is 24.1 Å². The van der Waals surface area contributed by atoms with Crippen molar-refractivity contribution in [3.05, 3.63) is 76.5 Å². The number of allylic oxidation sites excluding steroid dienone is 1. The molecule has 0 radical (unpaired) electrons. The molecule has 1 saturated carbocycles. The van der Waals surface area contributed by atoms with Crippen LogP contribution in [0.1, 0.15) is 60.5 Å². The first-order chi connectivity index (χ1) is 13.9. The molecular formula is C24H27FN2O2. The molecule has 1 aromatic heterocycles. The van der Waals surface area contributed by atoms with Gasteiger partial charge in [-0.05, 0) is 54.5 Å². The fourth-order valence-electron chi connectivity index (χ4n) is 4.41. The normalized spacial score (nSPS) is 19.9. The Bertz CT molecular complexity index is 965. The molecule has 0 spiro atoms. The van der Waals surface area contributed by atoms with E-state index in [0.29, 0.717) is 35.8 Å². The number of aromatic nitrogens is 1. The Balaban J connectivity index is 1.74. The second-order valence-electron chi connectivity index (χ2n) is 8.22. The molecule has 1 aliphatic carbocycles. The van der Waals surface area contributed by atoms with Gasteiger partial charge in [0.1, 0.15) is 11.6 Å². The lowest BCUT2D eigenvalue weighted by molar-refractivity contribution is -0.112. The van der Waals surface area contributed by atoms with Crippen LogP contribution < -0.4 is 0 Å². The van der Waals surface area contributed by atoms with Gasteiger partial charge in [-0.1, -0.05) is 38.0 Å². The van der Waals surface area contributed by atoms with E-state index in [-0.39, 0.29) is 17.4 Å². The molecule has 4 rings (SSSR count). The van der Waals surface area contributed by atoms with Crippen LogP contribution in [0, 0.1) is 5.82 Å². The van der Waals surface area contributed by atoms with E-state index >= 15 is 0 Å². The topological polar surface area (TPSA) is 56.3 Å². The summed E-state index contributed by atoms with van der Waals surface area (Å²) in [6.45, 7) is 4.15. The van der Waals surface area contributed by atoms with E-state index in [0.717, 1.165) is 29.7 Å². The molecule has 0 amide bonds. The molecule has 0 atom stereocenters. The third kappa shape index (κ3) is 3.86. The van der Waals surface area contributed by atoms with E-state index < -0.39 is 0 Å². The van der Waals surface area contributed by atoms with E-state index in [9.17, 15) is 14.3 Å². The van der Waals surface area contributed by atoms with Crippen LogP contribution in [0.3, 0.4) is 0 Å². The second kappa shape index (κ2) is 7.90. The quantitative estimate of drug-likeness (QED) is 0.561. The van der Waals surface area contributed by atoms with Crippen molar-refractivity contribution >= 4 is 11.5 Å². The number of likely N-dealkylation sites (tertiary alicyclic amines) is 1. The molecular weight excluding hydrogens is 367 g/mol. The molecule has 0 bridgehead atoms. The molecule has 4 nitrogen and oxygen atoms in total. The molecule has 29 heavy (non-hydrogen) atoms. The van der Waals surface area contributed by atoms with Gasteiger partial charge in [-0.2, -0.15) is 0 Å². The number of nitrogens with one attached hydrogen (secondary N) is 1. The molecule has 0 unspecified atom stereocenters. The summed E-state index contributed by atoms with van der Waals surface area (Å²) in [6.07, 6.45) is 6.51. The first-order valence-corrected chi connectivity index (χ1v) is 10.3. The molecule has 2 heterocycles.